The van der Waals surface area contributed by atoms with Crippen LogP contribution in [0.4, 0.5) is 33.6 Å². The van der Waals surface area contributed by atoms with Crippen molar-refractivity contribution in [2.45, 2.75) is 37.0 Å². The molecule has 212 valence electrons. The molecule has 0 aliphatic carbocycles. The Labute approximate surface area is 229 Å². The zero-order chi connectivity index (χ0) is 28.4. The summed E-state index contributed by atoms with van der Waals surface area (Å²) in [6.45, 7) is 2.07. The molecule has 0 unspecified atom stereocenters. The number of aromatic amines is 1. The molecule has 3 aromatic rings. The molecule has 0 bridgehead atoms. The highest BCUT2D eigenvalue weighted by molar-refractivity contribution is 6.04. The Morgan fingerprint density at radius 2 is 1.48 bits per heavy atom. The number of amides is 1. The lowest BCUT2D eigenvalue weighted by Crippen LogP contribution is -2.54. The van der Waals surface area contributed by atoms with Gasteiger partial charge in [0.05, 0.1) is 5.69 Å². The predicted octanol–water partition coefficient (Wildman–Crippen LogP) is -0.576. The van der Waals surface area contributed by atoms with Crippen LogP contribution in [-0.2, 0) is 0 Å². The number of nitrogens with one attached hydrogen (secondary N) is 3. The SMILES string of the molecule is N[C@@H]1C[C@H](N)CN(c2nc(Nc3ccc(NC(=O)c4ccc[nH]c4=O)c(F)c3)nc(N3C[C@H](N)C[C@H](N)C3)n2)C1. The van der Waals surface area contributed by atoms with Gasteiger partial charge in [0, 0.05) is 62.2 Å². The van der Waals surface area contributed by atoms with Gasteiger partial charge in [-0.05, 0) is 43.2 Å². The van der Waals surface area contributed by atoms with Crippen LogP contribution in [0.25, 0.3) is 0 Å². The molecule has 0 saturated carbocycles. The third-order valence-electron chi connectivity index (χ3n) is 6.74. The molecule has 5 rings (SSSR count). The van der Waals surface area contributed by atoms with E-state index in [1.165, 1.54) is 30.5 Å². The Bertz CT molecular complexity index is 1370. The van der Waals surface area contributed by atoms with Gasteiger partial charge in [-0.15, -0.1) is 0 Å². The Morgan fingerprint density at radius 1 is 0.900 bits per heavy atom. The molecule has 2 saturated heterocycles. The summed E-state index contributed by atoms with van der Waals surface area (Å²) >= 11 is 0. The van der Waals surface area contributed by atoms with E-state index in [0.717, 1.165) is 0 Å². The van der Waals surface area contributed by atoms with Crippen LogP contribution in [0.15, 0.2) is 41.3 Å². The van der Waals surface area contributed by atoms with Crippen LogP contribution < -0.4 is 48.9 Å². The van der Waals surface area contributed by atoms with Crippen molar-refractivity contribution in [2.24, 2.45) is 22.9 Å². The molecule has 11 N–H and O–H groups in total. The Morgan fingerprint density at radius 3 is 2.00 bits per heavy atom. The molecule has 2 aliphatic rings. The molecular weight excluding hydrogens is 519 g/mol. The second-order valence-electron chi connectivity index (χ2n) is 10.3. The van der Waals surface area contributed by atoms with Crippen LogP contribution in [0.5, 0.6) is 0 Å². The first kappa shape index (κ1) is 27.4. The number of piperidine rings is 2. The standard InChI is InChI=1S/C25H33FN12O2/c26-19-8-17(3-4-20(19)33-22(40)18-2-1-5-31-21(18)39)32-23-34-24(37-9-13(27)6-14(28)10-37)36-25(35-23)38-11-15(29)7-16(30)12-38/h1-5,8,13-16H,6-7,9-12,27-30H2,(H,31,39)(H,33,40)(H,32,34,35,36)/t13-,14+,15-,16+. The number of H-pyrrole nitrogens is 1. The van der Waals surface area contributed by atoms with Crippen molar-refractivity contribution in [1.29, 1.82) is 0 Å². The third-order valence-corrected chi connectivity index (χ3v) is 6.74. The maximum absolute atomic E-state index is 15.0. The lowest BCUT2D eigenvalue weighted by atomic mass is 10.0. The van der Waals surface area contributed by atoms with Crippen molar-refractivity contribution in [3.05, 3.63) is 58.3 Å². The number of halogens is 1. The fourth-order valence-corrected chi connectivity index (χ4v) is 4.99. The number of anilines is 5. The Kier molecular flexibility index (Phi) is 7.88. The molecule has 1 aromatic carbocycles. The summed E-state index contributed by atoms with van der Waals surface area (Å²) in [5.41, 5.74) is 24.3. The summed E-state index contributed by atoms with van der Waals surface area (Å²) in [4.78, 5) is 44.4. The average molecular weight is 553 g/mol. The topological polar surface area (TPSA) is 223 Å². The fourth-order valence-electron chi connectivity index (χ4n) is 4.99. The maximum Gasteiger partial charge on any atom is 0.261 e. The number of nitrogens with two attached hydrogens (primary N) is 4. The summed E-state index contributed by atoms with van der Waals surface area (Å²) < 4.78 is 15.0. The van der Waals surface area contributed by atoms with E-state index in [0.29, 0.717) is 56.6 Å². The molecule has 4 heterocycles. The summed E-state index contributed by atoms with van der Waals surface area (Å²) in [6, 6.07) is 6.42. The quantitative estimate of drug-likeness (QED) is 0.204. The maximum atomic E-state index is 15.0. The van der Waals surface area contributed by atoms with E-state index in [4.69, 9.17) is 22.9 Å². The highest BCUT2D eigenvalue weighted by Gasteiger charge is 2.29. The van der Waals surface area contributed by atoms with E-state index in [1.807, 2.05) is 9.80 Å². The molecule has 0 spiro atoms. The van der Waals surface area contributed by atoms with Crippen LogP contribution in [-0.4, -0.2) is 76.2 Å². The number of carbonyl (C=O) groups is 1. The average Bonchev–Trinajstić information content (AvgIpc) is 2.89. The zero-order valence-electron chi connectivity index (χ0n) is 21.8. The van der Waals surface area contributed by atoms with Gasteiger partial charge in [0.2, 0.25) is 17.8 Å². The number of pyridine rings is 1. The number of benzene rings is 1. The van der Waals surface area contributed by atoms with E-state index in [9.17, 15) is 14.0 Å². The van der Waals surface area contributed by atoms with E-state index >= 15 is 0 Å². The first-order chi connectivity index (χ1) is 19.1. The highest BCUT2D eigenvalue weighted by atomic mass is 19.1. The second-order valence-corrected chi connectivity index (χ2v) is 10.3. The van der Waals surface area contributed by atoms with Gasteiger partial charge < -0.3 is 48.4 Å². The second kappa shape index (κ2) is 11.5. The first-order valence-electron chi connectivity index (χ1n) is 13.0. The van der Waals surface area contributed by atoms with Crippen LogP contribution in [0.3, 0.4) is 0 Å². The summed E-state index contributed by atoms with van der Waals surface area (Å²) in [5.74, 6) is -0.524. The van der Waals surface area contributed by atoms with E-state index in [-0.39, 0.29) is 41.4 Å². The third kappa shape index (κ3) is 6.34. The fraction of sp³-hybridized carbons (Fsp3) is 0.400. The molecule has 2 aromatic heterocycles. The van der Waals surface area contributed by atoms with Crippen molar-refractivity contribution >= 4 is 35.1 Å². The molecule has 1 amide bonds. The molecule has 0 radical (unpaired) electrons. The van der Waals surface area contributed by atoms with Gasteiger partial charge in [-0.25, -0.2) is 4.39 Å². The van der Waals surface area contributed by atoms with Crippen molar-refractivity contribution in [1.82, 2.24) is 19.9 Å². The summed E-state index contributed by atoms with van der Waals surface area (Å²) in [6.07, 6.45) is 2.78. The number of hydrogen-bond donors (Lipinski definition) is 7. The molecule has 4 atom stereocenters. The minimum Gasteiger partial charge on any atom is -0.338 e. The summed E-state index contributed by atoms with van der Waals surface area (Å²) in [7, 11) is 0. The molecule has 2 fully saturated rings. The number of hydrogen-bond acceptors (Lipinski definition) is 12. The molecular formula is C25H33FN12O2. The lowest BCUT2D eigenvalue weighted by Gasteiger charge is -2.37. The van der Waals surface area contributed by atoms with E-state index in [1.54, 1.807) is 6.07 Å². The molecule has 40 heavy (non-hydrogen) atoms. The first-order valence-corrected chi connectivity index (χ1v) is 13.0. The van der Waals surface area contributed by atoms with Gasteiger partial charge in [0.1, 0.15) is 11.4 Å². The number of carbonyl (C=O) groups excluding carboxylic acids is 1. The number of rotatable bonds is 6. The number of nitrogens with zero attached hydrogens (tertiary/aromatic N) is 5. The lowest BCUT2D eigenvalue weighted by molar-refractivity contribution is 0.102. The zero-order valence-corrected chi connectivity index (χ0v) is 21.8. The van der Waals surface area contributed by atoms with Gasteiger partial charge in [0.25, 0.3) is 11.5 Å². The highest BCUT2D eigenvalue weighted by Crippen LogP contribution is 2.25. The Hall–Kier alpha value is -4.18. The predicted molar refractivity (Wildman–Crippen MR) is 150 cm³/mol. The monoisotopic (exact) mass is 552 g/mol. The van der Waals surface area contributed by atoms with Gasteiger partial charge in [0.15, 0.2) is 0 Å². The minimum atomic E-state index is -0.732. The van der Waals surface area contributed by atoms with Crippen LogP contribution in [0.2, 0.25) is 0 Å². The van der Waals surface area contributed by atoms with Crippen molar-refractivity contribution in [3.8, 4) is 0 Å². The largest absolute Gasteiger partial charge is 0.338 e. The Balaban J connectivity index is 1.40. The normalized spacial score (nSPS) is 23.1. The molecule has 14 nitrogen and oxygen atoms in total. The van der Waals surface area contributed by atoms with Gasteiger partial charge in [-0.1, -0.05) is 0 Å². The van der Waals surface area contributed by atoms with Crippen molar-refractivity contribution in [2.75, 3.05) is 46.6 Å². The van der Waals surface area contributed by atoms with Crippen molar-refractivity contribution < 1.29 is 9.18 Å². The summed E-state index contributed by atoms with van der Waals surface area (Å²) in [5, 5.41) is 5.44. The van der Waals surface area contributed by atoms with Crippen LogP contribution in [0, 0.1) is 5.82 Å². The van der Waals surface area contributed by atoms with Gasteiger partial charge >= 0.3 is 0 Å². The van der Waals surface area contributed by atoms with Crippen LogP contribution >= 0.6 is 0 Å². The molecule has 2 aliphatic heterocycles. The van der Waals surface area contributed by atoms with Crippen molar-refractivity contribution in [3.63, 3.8) is 0 Å². The number of aromatic nitrogens is 4. The van der Waals surface area contributed by atoms with Gasteiger partial charge in [-0.2, -0.15) is 15.0 Å². The van der Waals surface area contributed by atoms with Gasteiger partial charge in [-0.3, -0.25) is 9.59 Å². The van der Waals surface area contributed by atoms with E-state index in [2.05, 4.69) is 30.6 Å². The van der Waals surface area contributed by atoms with Crippen LogP contribution in [0.1, 0.15) is 23.2 Å². The molecule has 15 heteroatoms. The minimum absolute atomic E-state index is 0.0941. The van der Waals surface area contributed by atoms with E-state index < -0.39 is 17.3 Å². The smallest absolute Gasteiger partial charge is 0.261 e.